The van der Waals surface area contributed by atoms with E-state index in [0.717, 1.165) is 37.8 Å². The minimum atomic E-state index is 0. The molecular weight excluding hydrogens is 337 g/mol. The van der Waals surface area contributed by atoms with Crippen molar-refractivity contribution in [2.75, 3.05) is 6.61 Å². The van der Waals surface area contributed by atoms with E-state index in [2.05, 4.69) is 18.2 Å². The zero-order valence-corrected chi connectivity index (χ0v) is 10.6. The maximum atomic E-state index is 5.06. The van der Waals surface area contributed by atoms with E-state index in [1.807, 2.05) is 0 Å². The van der Waals surface area contributed by atoms with Gasteiger partial charge in [0.1, 0.15) is 0 Å². The van der Waals surface area contributed by atoms with Gasteiger partial charge in [-0.2, -0.15) is 0 Å². The third-order valence-corrected chi connectivity index (χ3v) is 1.62. The number of halogens is 2. The predicted molar refractivity (Wildman–Crippen MR) is 42.3 cm³/mol. The van der Waals surface area contributed by atoms with Crippen LogP contribution in [0.4, 0.5) is 0 Å². The summed E-state index contributed by atoms with van der Waals surface area (Å²) in [5.41, 5.74) is 1.40. The fraction of sp³-hybridized carbons (Fsp3) is 0.333. The molecule has 0 aromatic heterocycles. The Balaban J connectivity index is 0. The minimum absolute atomic E-state index is 0. The van der Waals surface area contributed by atoms with E-state index >= 15 is 0 Å². The van der Waals surface area contributed by atoms with Gasteiger partial charge < -0.3 is 0 Å². The van der Waals surface area contributed by atoms with E-state index < -0.39 is 0 Å². The van der Waals surface area contributed by atoms with E-state index in [1.54, 1.807) is 0 Å². The van der Waals surface area contributed by atoms with Crippen LogP contribution in [-0.4, -0.2) is 6.61 Å². The van der Waals surface area contributed by atoms with Gasteiger partial charge in [0.05, 0.1) is 0 Å². The summed E-state index contributed by atoms with van der Waals surface area (Å²) in [5.74, 6) is 0. The van der Waals surface area contributed by atoms with Crippen molar-refractivity contribution in [3.8, 4) is 0 Å². The topological polar surface area (TPSA) is 9.23 Å². The van der Waals surface area contributed by atoms with Gasteiger partial charge in [0.15, 0.2) is 0 Å². The molecule has 0 heterocycles. The van der Waals surface area contributed by atoms with Gasteiger partial charge in [-0.1, -0.05) is 0 Å². The third-order valence-electron chi connectivity index (χ3n) is 1.11. The molecule has 0 saturated heterocycles. The van der Waals surface area contributed by atoms with Gasteiger partial charge in [-0.15, -0.1) is 24.8 Å². The SMILES string of the molecule is Cl.Cl.[Hf][O]CC1=CC=CC1. The second-order valence-corrected chi connectivity index (χ2v) is 2.78. The molecule has 0 amide bonds. The summed E-state index contributed by atoms with van der Waals surface area (Å²) in [4.78, 5) is 0. The molecule has 1 aliphatic carbocycles. The van der Waals surface area contributed by atoms with Crippen LogP contribution in [0.25, 0.3) is 0 Å². The molecule has 0 radical (unpaired) electrons. The molecule has 0 bridgehead atoms. The van der Waals surface area contributed by atoms with Crippen LogP contribution in [0.5, 0.6) is 0 Å². The Kier molecular flexibility index (Phi) is 10.8. The van der Waals surface area contributed by atoms with Crippen molar-refractivity contribution in [2.45, 2.75) is 6.42 Å². The van der Waals surface area contributed by atoms with Crippen molar-refractivity contribution >= 4 is 24.8 Å². The Labute approximate surface area is 88.9 Å². The molecule has 0 aromatic rings. The van der Waals surface area contributed by atoms with Crippen molar-refractivity contribution in [1.29, 1.82) is 0 Å². The molecule has 10 heavy (non-hydrogen) atoms. The molecule has 1 nitrogen and oxygen atoms in total. The quantitative estimate of drug-likeness (QED) is 0.697. The summed E-state index contributed by atoms with van der Waals surface area (Å²) in [5, 5.41) is 0. The van der Waals surface area contributed by atoms with E-state index in [0.29, 0.717) is 0 Å². The van der Waals surface area contributed by atoms with E-state index in [4.69, 9.17) is 2.85 Å². The Morgan fingerprint density at radius 2 is 2.20 bits per heavy atom. The second-order valence-electron chi connectivity index (χ2n) is 1.75. The van der Waals surface area contributed by atoms with Crippen molar-refractivity contribution < 1.29 is 27.7 Å². The Bertz CT molecular complexity index is 134. The first-order chi connectivity index (χ1) is 3.93. The molecule has 4 heteroatoms. The average molecular weight is 347 g/mol. The second kappa shape index (κ2) is 7.99. The monoisotopic (exact) mass is 347 g/mol. The molecule has 0 spiro atoms. The zero-order chi connectivity index (χ0) is 5.82. The summed E-state index contributed by atoms with van der Waals surface area (Å²) >= 11 is 0.855. The molecule has 1 aliphatic rings. The maximum absolute atomic E-state index is 5.06. The van der Waals surface area contributed by atoms with Gasteiger partial charge >= 0.3 is 64.5 Å². The Morgan fingerprint density at radius 3 is 2.60 bits per heavy atom. The molecule has 0 aliphatic heterocycles. The van der Waals surface area contributed by atoms with Gasteiger partial charge in [-0.05, 0) is 0 Å². The average Bonchev–Trinajstić information content (AvgIpc) is 2.19. The molecule has 0 saturated carbocycles. The van der Waals surface area contributed by atoms with Crippen molar-refractivity contribution in [1.82, 2.24) is 0 Å². The van der Waals surface area contributed by atoms with Crippen LogP contribution in [0.3, 0.4) is 0 Å². The number of hydrogen-bond acceptors (Lipinski definition) is 1. The molecule has 57 valence electrons. The molecule has 1 rings (SSSR count). The molecule has 0 atom stereocenters. The van der Waals surface area contributed by atoms with Crippen LogP contribution < -0.4 is 0 Å². The van der Waals surface area contributed by atoms with E-state index in [9.17, 15) is 0 Å². The van der Waals surface area contributed by atoms with Crippen LogP contribution in [-0.2, 0) is 27.7 Å². The summed E-state index contributed by atoms with van der Waals surface area (Å²) in [6.07, 6.45) is 7.45. The van der Waals surface area contributed by atoms with Gasteiger partial charge in [-0.25, -0.2) is 0 Å². The summed E-state index contributed by atoms with van der Waals surface area (Å²) in [7, 11) is 0. The van der Waals surface area contributed by atoms with Crippen molar-refractivity contribution in [3.63, 3.8) is 0 Å². The van der Waals surface area contributed by atoms with Crippen LogP contribution in [0, 0.1) is 0 Å². The fourth-order valence-electron chi connectivity index (χ4n) is 0.691. The van der Waals surface area contributed by atoms with Crippen molar-refractivity contribution in [3.05, 3.63) is 23.8 Å². The Hall–Kier alpha value is 0.890. The van der Waals surface area contributed by atoms with Gasteiger partial charge in [0, 0.05) is 0 Å². The normalized spacial score (nSPS) is 13.3. The van der Waals surface area contributed by atoms with Gasteiger partial charge in [0.25, 0.3) is 0 Å². The summed E-state index contributed by atoms with van der Waals surface area (Å²) < 4.78 is 5.06. The van der Waals surface area contributed by atoms with Gasteiger partial charge in [-0.3, -0.25) is 0 Å². The zero-order valence-electron chi connectivity index (χ0n) is 5.37. The first kappa shape index (κ1) is 13.5. The number of hydrogen-bond donors (Lipinski definition) is 0. The van der Waals surface area contributed by atoms with Crippen LogP contribution in [0.15, 0.2) is 23.8 Å². The Morgan fingerprint density at radius 1 is 1.50 bits per heavy atom. The molecule has 0 N–H and O–H groups in total. The molecule has 0 aromatic carbocycles. The molecule has 0 fully saturated rings. The van der Waals surface area contributed by atoms with Crippen LogP contribution in [0.2, 0.25) is 0 Å². The number of rotatable bonds is 2. The van der Waals surface area contributed by atoms with E-state index in [1.165, 1.54) is 5.57 Å². The first-order valence-corrected chi connectivity index (χ1v) is 4.03. The summed E-state index contributed by atoms with van der Waals surface area (Å²) in [6.45, 7) is 0.846. The predicted octanol–water partition coefficient (Wildman–Crippen LogP) is 2.19. The van der Waals surface area contributed by atoms with Gasteiger partial charge in [0.2, 0.25) is 0 Å². The first-order valence-electron chi connectivity index (χ1n) is 2.56. The fourth-order valence-corrected chi connectivity index (χ4v) is 1.36. The van der Waals surface area contributed by atoms with Crippen LogP contribution >= 0.6 is 24.8 Å². The molecular formula is C6H9Cl2HfO. The number of allylic oxidation sites excluding steroid dienone is 3. The standard InChI is InChI=1S/C6H7O.2ClH.Hf/c7-5-6-3-1-2-4-6;;;/h1-3H,4-5H2;2*1H;/q-1;;;+1. The van der Waals surface area contributed by atoms with E-state index in [-0.39, 0.29) is 24.8 Å². The van der Waals surface area contributed by atoms with Crippen molar-refractivity contribution in [2.24, 2.45) is 0 Å². The third kappa shape index (κ3) is 4.67. The molecule has 0 unspecified atom stereocenters. The summed E-state index contributed by atoms with van der Waals surface area (Å²) in [6, 6.07) is 0. The van der Waals surface area contributed by atoms with Crippen LogP contribution in [0.1, 0.15) is 6.42 Å².